The second-order valence-corrected chi connectivity index (χ2v) is 13.6. The molecule has 9 aromatic carbocycles. The van der Waals surface area contributed by atoms with E-state index >= 15 is 0 Å². The van der Waals surface area contributed by atoms with E-state index in [9.17, 15) is 0 Å². The standard InChI is InChI=1S/C51H35N3O/c1-5-16-36(17-6-1)37-28-30-42(31-29-37)54(41-23-11-4-12-24-41)43-25-15-18-38(34-43)51-52-49-46-27-14-13-26-45(46)48-35-44(32-33-47(48)50(49)55-51)53(39-19-7-2-8-20-39)40-21-9-3-10-22-40/h1-35H. The number of anilines is 6. The van der Waals surface area contributed by atoms with Crippen LogP contribution in [0.5, 0.6) is 0 Å². The van der Waals surface area contributed by atoms with Crippen LogP contribution in [0.2, 0.25) is 0 Å². The molecule has 260 valence electrons. The second-order valence-electron chi connectivity index (χ2n) is 13.6. The summed E-state index contributed by atoms with van der Waals surface area (Å²) in [4.78, 5) is 9.78. The van der Waals surface area contributed by atoms with Crippen LogP contribution in [0, 0.1) is 0 Å². The molecule has 1 heterocycles. The van der Waals surface area contributed by atoms with Crippen LogP contribution in [-0.4, -0.2) is 4.98 Å². The van der Waals surface area contributed by atoms with E-state index in [4.69, 9.17) is 9.40 Å². The third-order valence-electron chi connectivity index (χ3n) is 10.2. The Kier molecular flexibility index (Phi) is 8.12. The van der Waals surface area contributed by atoms with Crippen LogP contribution >= 0.6 is 0 Å². The van der Waals surface area contributed by atoms with Crippen LogP contribution in [0.1, 0.15) is 0 Å². The molecule has 0 fully saturated rings. The number of nitrogens with zero attached hydrogens (tertiary/aromatic N) is 3. The van der Waals surface area contributed by atoms with Gasteiger partial charge >= 0.3 is 0 Å². The SMILES string of the molecule is c1ccc(-c2ccc(N(c3ccccc3)c3cccc(-c4nc5c6ccccc6c6cc(N(c7ccccc7)c7ccccc7)ccc6c5o4)c3)cc2)cc1. The molecule has 0 amide bonds. The van der Waals surface area contributed by atoms with Gasteiger partial charge in [-0.15, -0.1) is 0 Å². The van der Waals surface area contributed by atoms with Gasteiger partial charge in [-0.05, 0) is 107 Å². The highest BCUT2D eigenvalue weighted by molar-refractivity contribution is 6.23. The summed E-state index contributed by atoms with van der Waals surface area (Å²) >= 11 is 0. The Morgan fingerprint density at radius 1 is 0.309 bits per heavy atom. The van der Waals surface area contributed by atoms with Crippen LogP contribution in [0.3, 0.4) is 0 Å². The van der Waals surface area contributed by atoms with Gasteiger partial charge in [0, 0.05) is 50.5 Å². The minimum Gasteiger partial charge on any atom is -0.435 e. The molecule has 0 bridgehead atoms. The maximum absolute atomic E-state index is 6.81. The molecular formula is C51H35N3O. The number of hydrogen-bond donors (Lipinski definition) is 0. The van der Waals surface area contributed by atoms with E-state index in [-0.39, 0.29) is 0 Å². The summed E-state index contributed by atoms with van der Waals surface area (Å²) in [6, 6.07) is 74.3. The highest BCUT2D eigenvalue weighted by Crippen LogP contribution is 2.43. The molecule has 0 atom stereocenters. The third-order valence-corrected chi connectivity index (χ3v) is 10.2. The zero-order valence-electron chi connectivity index (χ0n) is 30.0. The molecule has 10 aromatic rings. The summed E-state index contributed by atoms with van der Waals surface area (Å²) in [6.45, 7) is 0. The Bertz CT molecular complexity index is 2870. The lowest BCUT2D eigenvalue weighted by Gasteiger charge is -2.26. The minimum atomic E-state index is 0.584. The van der Waals surface area contributed by atoms with Gasteiger partial charge in [0.15, 0.2) is 5.58 Å². The van der Waals surface area contributed by atoms with Crippen molar-refractivity contribution >= 4 is 66.8 Å². The summed E-state index contributed by atoms with van der Waals surface area (Å²) in [5.41, 5.74) is 11.3. The normalized spacial score (nSPS) is 11.3. The van der Waals surface area contributed by atoms with Crippen molar-refractivity contribution in [3.63, 3.8) is 0 Å². The van der Waals surface area contributed by atoms with Crippen LogP contribution in [0.4, 0.5) is 34.1 Å². The van der Waals surface area contributed by atoms with Crippen LogP contribution in [0.25, 0.3) is 55.2 Å². The zero-order chi connectivity index (χ0) is 36.6. The Morgan fingerprint density at radius 2 is 0.764 bits per heavy atom. The van der Waals surface area contributed by atoms with E-state index < -0.39 is 0 Å². The molecule has 0 aliphatic heterocycles. The fourth-order valence-corrected chi connectivity index (χ4v) is 7.66. The Hall–Kier alpha value is -7.43. The van der Waals surface area contributed by atoms with E-state index in [2.05, 4.69) is 210 Å². The predicted molar refractivity (Wildman–Crippen MR) is 229 cm³/mol. The van der Waals surface area contributed by atoms with Crippen molar-refractivity contribution in [1.29, 1.82) is 0 Å². The van der Waals surface area contributed by atoms with Gasteiger partial charge in [-0.1, -0.05) is 127 Å². The van der Waals surface area contributed by atoms with E-state index in [1.807, 2.05) is 12.1 Å². The van der Waals surface area contributed by atoms with Gasteiger partial charge in [0.2, 0.25) is 5.89 Å². The van der Waals surface area contributed by atoms with E-state index in [1.165, 1.54) is 11.1 Å². The molecule has 0 unspecified atom stereocenters. The molecule has 55 heavy (non-hydrogen) atoms. The summed E-state index contributed by atoms with van der Waals surface area (Å²) in [5.74, 6) is 0.584. The monoisotopic (exact) mass is 705 g/mol. The molecule has 0 saturated heterocycles. The third kappa shape index (κ3) is 5.96. The van der Waals surface area contributed by atoms with Crippen molar-refractivity contribution in [3.8, 4) is 22.6 Å². The number of benzene rings is 9. The van der Waals surface area contributed by atoms with E-state index in [0.29, 0.717) is 5.89 Å². The molecule has 4 nitrogen and oxygen atoms in total. The van der Waals surface area contributed by atoms with Gasteiger partial charge in [-0.3, -0.25) is 0 Å². The molecule has 4 heteroatoms. The number of rotatable bonds is 8. The Morgan fingerprint density at radius 3 is 1.38 bits per heavy atom. The average Bonchev–Trinajstić information content (AvgIpc) is 3.72. The number of para-hydroxylation sites is 3. The van der Waals surface area contributed by atoms with Gasteiger partial charge in [0.1, 0.15) is 5.52 Å². The maximum Gasteiger partial charge on any atom is 0.227 e. The van der Waals surface area contributed by atoms with E-state index in [0.717, 1.165) is 72.3 Å². The molecule has 0 radical (unpaired) electrons. The lowest BCUT2D eigenvalue weighted by Crippen LogP contribution is -2.09. The number of fused-ring (bicyclic) bond motifs is 6. The first kappa shape index (κ1) is 32.2. The molecule has 0 N–H and O–H groups in total. The summed E-state index contributed by atoms with van der Waals surface area (Å²) in [5, 5.41) is 4.33. The first-order valence-electron chi connectivity index (χ1n) is 18.5. The molecule has 0 aliphatic rings. The number of hydrogen-bond acceptors (Lipinski definition) is 4. The fraction of sp³-hybridized carbons (Fsp3) is 0. The average molecular weight is 706 g/mol. The maximum atomic E-state index is 6.81. The molecular weight excluding hydrogens is 671 g/mol. The molecule has 10 rings (SSSR count). The predicted octanol–water partition coefficient (Wildman–Crippen LogP) is 14.4. The Balaban J connectivity index is 1.09. The topological polar surface area (TPSA) is 32.5 Å². The highest BCUT2D eigenvalue weighted by Gasteiger charge is 2.20. The van der Waals surface area contributed by atoms with Crippen LogP contribution in [0.15, 0.2) is 217 Å². The molecule has 0 saturated carbocycles. The number of aromatic nitrogens is 1. The second kappa shape index (κ2) is 13.8. The van der Waals surface area contributed by atoms with Gasteiger partial charge in [0.05, 0.1) is 0 Å². The lowest BCUT2D eigenvalue weighted by atomic mass is 9.99. The summed E-state index contributed by atoms with van der Waals surface area (Å²) < 4.78 is 6.81. The summed E-state index contributed by atoms with van der Waals surface area (Å²) in [6.07, 6.45) is 0. The van der Waals surface area contributed by atoms with Crippen molar-refractivity contribution in [2.45, 2.75) is 0 Å². The quantitative estimate of drug-likeness (QED) is 0.147. The molecule has 0 spiro atoms. The molecule has 1 aromatic heterocycles. The van der Waals surface area contributed by atoms with Crippen LogP contribution < -0.4 is 9.80 Å². The first-order valence-corrected chi connectivity index (χ1v) is 18.5. The smallest absolute Gasteiger partial charge is 0.227 e. The van der Waals surface area contributed by atoms with Gasteiger partial charge in [-0.2, -0.15) is 0 Å². The van der Waals surface area contributed by atoms with Crippen LogP contribution in [-0.2, 0) is 0 Å². The van der Waals surface area contributed by atoms with Crippen molar-refractivity contribution in [1.82, 2.24) is 4.98 Å². The molecule has 0 aliphatic carbocycles. The fourth-order valence-electron chi connectivity index (χ4n) is 7.66. The highest BCUT2D eigenvalue weighted by atomic mass is 16.3. The van der Waals surface area contributed by atoms with E-state index in [1.54, 1.807) is 0 Å². The van der Waals surface area contributed by atoms with Gasteiger partial charge < -0.3 is 14.2 Å². The summed E-state index contributed by atoms with van der Waals surface area (Å²) in [7, 11) is 0. The lowest BCUT2D eigenvalue weighted by molar-refractivity contribution is 0.623. The number of oxazole rings is 1. The van der Waals surface area contributed by atoms with Crippen molar-refractivity contribution in [2.75, 3.05) is 9.80 Å². The van der Waals surface area contributed by atoms with Gasteiger partial charge in [0.25, 0.3) is 0 Å². The van der Waals surface area contributed by atoms with Gasteiger partial charge in [-0.25, -0.2) is 4.98 Å². The Labute approximate surface area is 319 Å². The van der Waals surface area contributed by atoms with Crippen molar-refractivity contribution < 1.29 is 4.42 Å². The zero-order valence-corrected chi connectivity index (χ0v) is 30.0. The first-order chi connectivity index (χ1) is 27.3. The largest absolute Gasteiger partial charge is 0.435 e. The van der Waals surface area contributed by atoms with Crippen molar-refractivity contribution in [2.24, 2.45) is 0 Å². The minimum absolute atomic E-state index is 0.584. The van der Waals surface area contributed by atoms with Crippen molar-refractivity contribution in [3.05, 3.63) is 212 Å².